The van der Waals surface area contributed by atoms with Crippen molar-refractivity contribution < 1.29 is 14.7 Å². The van der Waals surface area contributed by atoms with Crippen molar-refractivity contribution in [2.45, 2.75) is 52.5 Å². The van der Waals surface area contributed by atoms with Crippen LogP contribution in [0.15, 0.2) is 0 Å². The van der Waals surface area contributed by atoms with Crippen LogP contribution < -0.4 is 10.6 Å². The Bertz CT molecular complexity index is 309. The van der Waals surface area contributed by atoms with Gasteiger partial charge in [-0.3, -0.25) is 0 Å². The van der Waals surface area contributed by atoms with Crippen molar-refractivity contribution in [1.29, 1.82) is 0 Å². The highest BCUT2D eigenvalue weighted by atomic mass is 16.4. The lowest BCUT2D eigenvalue weighted by atomic mass is 9.89. The molecule has 0 aromatic rings. The van der Waals surface area contributed by atoms with Crippen LogP contribution in [-0.2, 0) is 4.79 Å². The third-order valence-electron chi connectivity index (χ3n) is 3.71. The number of carboxylic acids is 1. The number of hydrogen-bond acceptors (Lipinski definition) is 2. The summed E-state index contributed by atoms with van der Waals surface area (Å²) in [6.45, 7) is 6.33. The lowest BCUT2D eigenvalue weighted by molar-refractivity contribution is -0.140. The normalized spacial score (nSPS) is 19.6. The van der Waals surface area contributed by atoms with E-state index in [1.165, 1.54) is 12.8 Å². The van der Waals surface area contributed by atoms with Crippen molar-refractivity contribution in [3.05, 3.63) is 0 Å². The molecule has 104 valence electrons. The van der Waals surface area contributed by atoms with Gasteiger partial charge in [0.15, 0.2) is 0 Å². The van der Waals surface area contributed by atoms with E-state index in [1.807, 2.05) is 0 Å². The fourth-order valence-corrected chi connectivity index (χ4v) is 2.40. The van der Waals surface area contributed by atoms with Crippen molar-refractivity contribution >= 4 is 12.0 Å². The predicted octanol–water partition coefficient (Wildman–Crippen LogP) is 1.98. The second-order valence-corrected chi connectivity index (χ2v) is 5.90. The van der Waals surface area contributed by atoms with Gasteiger partial charge in [-0.15, -0.1) is 0 Å². The summed E-state index contributed by atoms with van der Waals surface area (Å²) in [4.78, 5) is 22.6. The number of rotatable bonds is 5. The molecule has 1 saturated carbocycles. The molecule has 0 aromatic carbocycles. The van der Waals surface area contributed by atoms with E-state index in [4.69, 9.17) is 5.11 Å². The smallest absolute Gasteiger partial charge is 0.326 e. The lowest BCUT2D eigenvalue weighted by Crippen LogP contribution is -2.50. The highest BCUT2D eigenvalue weighted by molar-refractivity contribution is 5.82. The third-order valence-corrected chi connectivity index (χ3v) is 3.71. The Hall–Kier alpha value is -1.26. The molecule has 0 spiro atoms. The largest absolute Gasteiger partial charge is 0.480 e. The Balaban J connectivity index is 2.38. The van der Waals surface area contributed by atoms with Crippen LogP contribution in [0.25, 0.3) is 0 Å². The van der Waals surface area contributed by atoms with Crippen LogP contribution in [0.1, 0.15) is 46.5 Å². The first-order valence-electron chi connectivity index (χ1n) is 6.61. The van der Waals surface area contributed by atoms with E-state index in [9.17, 15) is 9.59 Å². The fraction of sp³-hybridized carbons (Fsp3) is 0.846. The second kappa shape index (κ2) is 6.07. The number of carbonyl (C=O) groups excluding carboxylic acids is 1. The van der Waals surface area contributed by atoms with E-state index < -0.39 is 12.0 Å². The molecule has 0 heterocycles. The Morgan fingerprint density at radius 2 is 1.83 bits per heavy atom. The minimum Gasteiger partial charge on any atom is -0.480 e. The third kappa shape index (κ3) is 4.20. The van der Waals surface area contributed by atoms with Crippen molar-refractivity contribution in [2.24, 2.45) is 11.3 Å². The summed E-state index contributed by atoms with van der Waals surface area (Å²) in [6.07, 6.45) is 4.67. The number of aliphatic carboxylic acids is 1. The number of hydrogen-bond donors (Lipinski definition) is 3. The maximum atomic E-state index is 11.7. The van der Waals surface area contributed by atoms with Gasteiger partial charge < -0.3 is 15.7 Å². The molecule has 1 rings (SSSR count). The molecule has 0 aromatic heterocycles. The minimum atomic E-state index is -0.993. The van der Waals surface area contributed by atoms with Gasteiger partial charge in [0.25, 0.3) is 0 Å². The fourth-order valence-electron chi connectivity index (χ4n) is 2.40. The van der Waals surface area contributed by atoms with Gasteiger partial charge in [-0.1, -0.05) is 33.6 Å². The highest BCUT2D eigenvalue weighted by Crippen LogP contribution is 2.36. The topological polar surface area (TPSA) is 78.4 Å². The van der Waals surface area contributed by atoms with Gasteiger partial charge in [0, 0.05) is 6.54 Å². The zero-order chi connectivity index (χ0) is 13.8. The zero-order valence-electron chi connectivity index (χ0n) is 11.5. The summed E-state index contributed by atoms with van der Waals surface area (Å²) >= 11 is 0. The molecule has 0 unspecified atom stereocenters. The number of carboxylic acid groups (broad SMARTS) is 1. The molecule has 5 heteroatoms. The van der Waals surface area contributed by atoms with Crippen LogP contribution in [0.2, 0.25) is 0 Å². The van der Waals surface area contributed by atoms with E-state index in [0.717, 1.165) is 12.8 Å². The van der Waals surface area contributed by atoms with Crippen molar-refractivity contribution in [2.75, 3.05) is 6.54 Å². The monoisotopic (exact) mass is 256 g/mol. The molecular weight excluding hydrogens is 232 g/mol. The van der Waals surface area contributed by atoms with Gasteiger partial charge >= 0.3 is 12.0 Å². The summed E-state index contributed by atoms with van der Waals surface area (Å²) in [5, 5.41) is 14.3. The average molecular weight is 256 g/mol. The molecule has 1 atom stereocenters. The first-order valence-corrected chi connectivity index (χ1v) is 6.61. The summed E-state index contributed by atoms with van der Waals surface area (Å²) in [5.41, 5.74) is 0.174. The molecule has 0 radical (unpaired) electrons. The second-order valence-electron chi connectivity index (χ2n) is 5.90. The Morgan fingerprint density at radius 3 is 2.28 bits per heavy atom. The van der Waals surface area contributed by atoms with E-state index in [-0.39, 0.29) is 17.4 Å². The van der Waals surface area contributed by atoms with Crippen LogP contribution >= 0.6 is 0 Å². The molecule has 0 bridgehead atoms. The van der Waals surface area contributed by atoms with Crippen LogP contribution in [0.5, 0.6) is 0 Å². The number of urea groups is 1. The maximum Gasteiger partial charge on any atom is 0.326 e. The van der Waals surface area contributed by atoms with Crippen LogP contribution in [0, 0.1) is 11.3 Å². The van der Waals surface area contributed by atoms with Crippen molar-refractivity contribution in [3.63, 3.8) is 0 Å². The summed E-state index contributed by atoms with van der Waals surface area (Å²) < 4.78 is 0. The number of nitrogens with one attached hydrogen (secondary N) is 2. The van der Waals surface area contributed by atoms with E-state index in [1.54, 1.807) is 13.8 Å². The Kier molecular flexibility index (Phi) is 4.99. The number of carbonyl (C=O) groups is 2. The van der Waals surface area contributed by atoms with Gasteiger partial charge in [0.1, 0.15) is 6.04 Å². The van der Waals surface area contributed by atoms with Gasteiger partial charge in [-0.05, 0) is 24.2 Å². The lowest BCUT2D eigenvalue weighted by Gasteiger charge is -2.25. The van der Waals surface area contributed by atoms with Gasteiger partial charge in [-0.2, -0.15) is 0 Å². The molecule has 3 N–H and O–H groups in total. The standard InChI is InChI=1S/C13H24N2O3/c1-9(2)10(11(16)17)15-12(18)14-8-13(3)6-4-5-7-13/h9-10H,4-8H2,1-3H3,(H,16,17)(H2,14,15,18)/t10-/m1/s1. The maximum absolute atomic E-state index is 11.7. The van der Waals surface area contributed by atoms with E-state index in [0.29, 0.717) is 6.54 Å². The SMILES string of the molecule is CC(C)[C@@H](NC(=O)NCC1(C)CCCC1)C(=O)O. The first-order chi connectivity index (χ1) is 8.34. The molecule has 2 amide bonds. The summed E-state index contributed by atoms with van der Waals surface area (Å²) in [7, 11) is 0. The Morgan fingerprint density at radius 1 is 1.28 bits per heavy atom. The Labute approximate surface area is 108 Å². The first kappa shape index (κ1) is 14.8. The molecular formula is C13H24N2O3. The predicted molar refractivity (Wildman–Crippen MR) is 69.4 cm³/mol. The van der Waals surface area contributed by atoms with Gasteiger partial charge in [0.2, 0.25) is 0 Å². The van der Waals surface area contributed by atoms with Gasteiger partial charge in [0.05, 0.1) is 0 Å². The van der Waals surface area contributed by atoms with Crippen molar-refractivity contribution in [1.82, 2.24) is 10.6 Å². The quantitative estimate of drug-likeness (QED) is 0.703. The molecule has 1 aliphatic carbocycles. The zero-order valence-corrected chi connectivity index (χ0v) is 11.5. The highest BCUT2D eigenvalue weighted by Gasteiger charge is 2.29. The summed E-state index contributed by atoms with van der Waals surface area (Å²) in [5.74, 6) is -1.12. The molecule has 5 nitrogen and oxygen atoms in total. The summed E-state index contributed by atoms with van der Waals surface area (Å²) in [6, 6.07) is -1.22. The van der Waals surface area contributed by atoms with Crippen molar-refractivity contribution in [3.8, 4) is 0 Å². The van der Waals surface area contributed by atoms with E-state index >= 15 is 0 Å². The average Bonchev–Trinajstić information content (AvgIpc) is 2.70. The van der Waals surface area contributed by atoms with Crippen LogP contribution in [0.4, 0.5) is 4.79 Å². The van der Waals surface area contributed by atoms with Crippen LogP contribution in [-0.4, -0.2) is 29.7 Å². The molecule has 1 fully saturated rings. The molecule has 0 saturated heterocycles. The van der Waals surface area contributed by atoms with E-state index in [2.05, 4.69) is 17.6 Å². The molecule has 1 aliphatic rings. The number of amides is 2. The minimum absolute atomic E-state index is 0.129. The molecule has 18 heavy (non-hydrogen) atoms. The van der Waals surface area contributed by atoms with Gasteiger partial charge in [-0.25, -0.2) is 9.59 Å². The molecule has 0 aliphatic heterocycles. The van der Waals surface area contributed by atoms with Crippen LogP contribution in [0.3, 0.4) is 0 Å².